The van der Waals surface area contributed by atoms with Gasteiger partial charge < -0.3 is 14.8 Å². The molecule has 0 amide bonds. The van der Waals surface area contributed by atoms with Crippen molar-refractivity contribution in [3.8, 4) is 5.75 Å². The number of carbonyl (C=O) groups is 1. The van der Waals surface area contributed by atoms with E-state index >= 15 is 0 Å². The SMILES string of the molecule is COc1ccccc1C(=O)CNCCCN1CCOCC1. The van der Waals surface area contributed by atoms with Gasteiger partial charge in [0.15, 0.2) is 5.78 Å². The summed E-state index contributed by atoms with van der Waals surface area (Å²) in [6.07, 6.45) is 1.04. The van der Waals surface area contributed by atoms with Gasteiger partial charge in [-0.25, -0.2) is 0 Å². The minimum absolute atomic E-state index is 0.0684. The van der Waals surface area contributed by atoms with Crippen LogP contribution in [0.1, 0.15) is 16.8 Å². The van der Waals surface area contributed by atoms with E-state index in [0.29, 0.717) is 17.9 Å². The number of ketones is 1. The van der Waals surface area contributed by atoms with Crippen molar-refractivity contribution in [3.63, 3.8) is 0 Å². The molecule has 0 atom stereocenters. The van der Waals surface area contributed by atoms with Gasteiger partial charge in [-0.3, -0.25) is 9.69 Å². The van der Waals surface area contributed by atoms with Gasteiger partial charge in [0.25, 0.3) is 0 Å². The Kier molecular flexibility index (Phi) is 6.66. The molecule has 1 heterocycles. The van der Waals surface area contributed by atoms with Crippen molar-refractivity contribution >= 4 is 5.78 Å². The summed E-state index contributed by atoms with van der Waals surface area (Å²) >= 11 is 0. The number of benzene rings is 1. The quantitative estimate of drug-likeness (QED) is 0.576. The average molecular weight is 292 g/mol. The van der Waals surface area contributed by atoms with Crippen molar-refractivity contribution in [1.29, 1.82) is 0 Å². The number of rotatable bonds is 8. The molecule has 1 aliphatic heterocycles. The highest BCUT2D eigenvalue weighted by atomic mass is 16.5. The maximum Gasteiger partial charge on any atom is 0.180 e. The van der Waals surface area contributed by atoms with Gasteiger partial charge in [-0.2, -0.15) is 0 Å². The lowest BCUT2D eigenvalue weighted by Crippen LogP contribution is -2.38. The highest BCUT2D eigenvalue weighted by molar-refractivity contribution is 6.00. The van der Waals surface area contributed by atoms with E-state index in [4.69, 9.17) is 9.47 Å². The molecule has 1 fully saturated rings. The molecule has 1 aromatic carbocycles. The van der Waals surface area contributed by atoms with Crippen LogP contribution in [0.2, 0.25) is 0 Å². The van der Waals surface area contributed by atoms with Crippen LogP contribution in [0, 0.1) is 0 Å². The number of hydrogen-bond donors (Lipinski definition) is 1. The Morgan fingerprint density at radius 3 is 2.86 bits per heavy atom. The highest BCUT2D eigenvalue weighted by Crippen LogP contribution is 2.17. The molecular weight excluding hydrogens is 268 g/mol. The summed E-state index contributed by atoms with van der Waals surface area (Å²) < 4.78 is 10.5. The Morgan fingerprint density at radius 2 is 2.10 bits per heavy atom. The molecule has 2 rings (SSSR count). The largest absolute Gasteiger partial charge is 0.496 e. The minimum Gasteiger partial charge on any atom is -0.496 e. The average Bonchev–Trinajstić information content (AvgIpc) is 2.55. The van der Waals surface area contributed by atoms with E-state index in [0.717, 1.165) is 45.8 Å². The van der Waals surface area contributed by atoms with Crippen LogP contribution in [0.15, 0.2) is 24.3 Å². The number of ether oxygens (including phenoxy) is 2. The monoisotopic (exact) mass is 292 g/mol. The molecule has 1 saturated heterocycles. The van der Waals surface area contributed by atoms with E-state index in [1.54, 1.807) is 13.2 Å². The van der Waals surface area contributed by atoms with Crippen molar-refractivity contribution in [2.24, 2.45) is 0 Å². The molecule has 0 unspecified atom stereocenters. The standard InChI is InChI=1S/C16H24N2O3/c1-20-16-6-3-2-5-14(16)15(19)13-17-7-4-8-18-9-11-21-12-10-18/h2-3,5-6,17H,4,7-13H2,1H3. The van der Waals surface area contributed by atoms with E-state index in [1.807, 2.05) is 18.2 Å². The molecule has 0 spiro atoms. The van der Waals surface area contributed by atoms with Crippen LogP contribution >= 0.6 is 0 Å². The van der Waals surface area contributed by atoms with Crippen molar-refractivity contribution in [2.45, 2.75) is 6.42 Å². The molecule has 0 saturated carbocycles. The number of nitrogens with one attached hydrogen (secondary N) is 1. The van der Waals surface area contributed by atoms with Gasteiger partial charge in [-0.15, -0.1) is 0 Å². The van der Waals surface area contributed by atoms with Crippen LogP contribution < -0.4 is 10.1 Å². The lowest BCUT2D eigenvalue weighted by atomic mass is 10.1. The second kappa shape index (κ2) is 8.77. The topological polar surface area (TPSA) is 50.8 Å². The third kappa shape index (κ3) is 5.12. The summed E-state index contributed by atoms with van der Waals surface area (Å²) in [7, 11) is 1.59. The maximum absolute atomic E-state index is 12.1. The van der Waals surface area contributed by atoms with Crippen LogP contribution in [-0.4, -0.2) is 63.7 Å². The summed E-state index contributed by atoms with van der Waals surface area (Å²) in [5.74, 6) is 0.705. The second-order valence-electron chi connectivity index (χ2n) is 5.11. The molecule has 0 aliphatic carbocycles. The number of Topliss-reactive ketones (excluding diaryl/α,β-unsaturated/α-hetero) is 1. The third-order valence-corrected chi connectivity index (χ3v) is 3.62. The fourth-order valence-corrected chi connectivity index (χ4v) is 2.42. The van der Waals surface area contributed by atoms with Gasteiger partial charge in [-0.05, 0) is 31.6 Å². The number of para-hydroxylation sites is 1. The Morgan fingerprint density at radius 1 is 1.33 bits per heavy atom. The zero-order chi connectivity index (χ0) is 14.9. The highest BCUT2D eigenvalue weighted by Gasteiger charge is 2.11. The lowest BCUT2D eigenvalue weighted by molar-refractivity contribution is 0.0375. The zero-order valence-electron chi connectivity index (χ0n) is 12.6. The molecule has 0 radical (unpaired) electrons. The summed E-state index contributed by atoms with van der Waals surface area (Å²) in [5, 5.41) is 3.21. The third-order valence-electron chi connectivity index (χ3n) is 3.62. The fourth-order valence-electron chi connectivity index (χ4n) is 2.42. The van der Waals surface area contributed by atoms with Crippen molar-refractivity contribution in [1.82, 2.24) is 10.2 Å². The molecule has 21 heavy (non-hydrogen) atoms. The molecule has 1 aromatic rings. The molecule has 0 bridgehead atoms. The molecular formula is C16H24N2O3. The Balaban J connectivity index is 1.65. The minimum atomic E-state index is 0.0684. The predicted molar refractivity (Wildman–Crippen MR) is 82.1 cm³/mol. The van der Waals surface area contributed by atoms with E-state index in [1.165, 1.54) is 0 Å². The van der Waals surface area contributed by atoms with Gasteiger partial charge in [-0.1, -0.05) is 12.1 Å². The van der Waals surface area contributed by atoms with Crippen LogP contribution in [0.25, 0.3) is 0 Å². The zero-order valence-corrected chi connectivity index (χ0v) is 12.6. The first-order valence-corrected chi connectivity index (χ1v) is 7.48. The molecule has 1 N–H and O–H groups in total. The lowest BCUT2D eigenvalue weighted by Gasteiger charge is -2.26. The fraction of sp³-hybridized carbons (Fsp3) is 0.562. The van der Waals surface area contributed by atoms with Crippen molar-refractivity contribution < 1.29 is 14.3 Å². The van der Waals surface area contributed by atoms with Crippen LogP contribution in [0.5, 0.6) is 5.75 Å². The van der Waals surface area contributed by atoms with Gasteiger partial charge in [0.1, 0.15) is 5.75 Å². The first kappa shape index (κ1) is 15.9. The first-order valence-electron chi connectivity index (χ1n) is 7.48. The van der Waals surface area contributed by atoms with Gasteiger partial charge in [0.05, 0.1) is 32.4 Å². The van der Waals surface area contributed by atoms with Crippen LogP contribution in [-0.2, 0) is 4.74 Å². The number of nitrogens with zero attached hydrogens (tertiary/aromatic N) is 1. The Labute approximate surface area is 126 Å². The maximum atomic E-state index is 12.1. The van der Waals surface area contributed by atoms with Gasteiger partial charge in [0.2, 0.25) is 0 Å². The van der Waals surface area contributed by atoms with Gasteiger partial charge in [0, 0.05) is 13.1 Å². The van der Waals surface area contributed by atoms with E-state index in [-0.39, 0.29) is 5.78 Å². The summed E-state index contributed by atoms with van der Waals surface area (Å²) in [4.78, 5) is 14.5. The van der Waals surface area contributed by atoms with Crippen LogP contribution in [0.4, 0.5) is 0 Å². The summed E-state index contributed by atoms with van der Waals surface area (Å²) in [5.41, 5.74) is 0.640. The molecule has 1 aliphatic rings. The molecule has 5 heteroatoms. The smallest absolute Gasteiger partial charge is 0.180 e. The Hall–Kier alpha value is -1.43. The summed E-state index contributed by atoms with van der Waals surface area (Å²) in [6.45, 7) is 5.95. The molecule has 5 nitrogen and oxygen atoms in total. The number of carbonyl (C=O) groups excluding carboxylic acids is 1. The normalized spacial score (nSPS) is 15.9. The number of methoxy groups -OCH3 is 1. The van der Waals surface area contributed by atoms with Crippen molar-refractivity contribution in [2.75, 3.05) is 53.0 Å². The van der Waals surface area contributed by atoms with E-state index < -0.39 is 0 Å². The number of morpholine rings is 1. The van der Waals surface area contributed by atoms with E-state index in [9.17, 15) is 4.79 Å². The molecule has 0 aromatic heterocycles. The van der Waals surface area contributed by atoms with E-state index in [2.05, 4.69) is 10.2 Å². The van der Waals surface area contributed by atoms with Crippen LogP contribution in [0.3, 0.4) is 0 Å². The summed E-state index contributed by atoms with van der Waals surface area (Å²) in [6, 6.07) is 7.34. The number of hydrogen-bond acceptors (Lipinski definition) is 5. The Bertz CT molecular complexity index is 445. The predicted octanol–water partition coefficient (Wildman–Crippen LogP) is 1.19. The van der Waals surface area contributed by atoms with Gasteiger partial charge >= 0.3 is 0 Å². The second-order valence-corrected chi connectivity index (χ2v) is 5.11. The first-order chi connectivity index (χ1) is 10.3. The molecule has 116 valence electrons. The van der Waals surface area contributed by atoms with Crippen molar-refractivity contribution in [3.05, 3.63) is 29.8 Å².